The third-order valence-electron chi connectivity index (χ3n) is 2.34. The minimum absolute atomic E-state index is 0.653. The Morgan fingerprint density at radius 2 is 2.00 bits per heavy atom. The molecule has 15 heavy (non-hydrogen) atoms. The normalized spacial score (nSPS) is 10.7. The molecule has 2 rings (SSSR count). The highest BCUT2D eigenvalue weighted by molar-refractivity contribution is 7.09. The van der Waals surface area contributed by atoms with Gasteiger partial charge in [0, 0.05) is 36.6 Å². The maximum absolute atomic E-state index is 7.72. The molecule has 0 saturated carbocycles. The van der Waals surface area contributed by atoms with Gasteiger partial charge < -0.3 is 9.13 Å². The van der Waals surface area contributed by atoms with Crippen molar-refractivity contribution in [2.75, 3.05) is 0 Å². The summed E-state index contributed by atoms with van der Waals surface area (Å²) in [6.45, 7) is 4.00. The van der Waals surface area contributed by atoms with Gasteiger partial charge in [-0.2, -0.15) is 0 Å². The maximum atomic E-state index is 7.72. The van der Waals surface area contributed by atoms with Gasteiger partial charge >= 0.3 is 0 Å². The fourth-order valence-electron chi connectivity index (χ4n) is 1.62. The Bertz CT molecular complexity index is 464. The third kappa shape index (κ3) is 2.59. The van der Waals surface area contributed by atoms with E-state index in [4.69, 9.17) is 5.41 Å². The van der Waals surface area contributed by atoms with E-state index in [0.717, 1.165) is 19.5 Å². The number of rotatable bonds is 4. The van der Waals surface area contributed by atoms with Crippen molar-refractivity contribution in [2.24, 2.45) is 0 Å². The summed E-state index contributed by atoms with van der Waals surface area (Å²) in [6, 6.07) is 4.08. The van der Waals surface area contributed by atoms with Gasteiger partial charge in [-0.1, -0.05) is 0 Å². The van der Waals surface area contributed by atoms with Crippen LogP contribution in [0.2, 0.25) is 0 Å². The van der Waals surface area contributed by atoms with Gasteiger partial charge in [0.1, 0.15) is 0 Å². The molecule has 3 nitrogen and oxygen atoms in total. The summed E-state index contributed by atoms with van der Waals surface area (Å²) in [7, 11) is 0. The molecular formula is C11H15N3S. The molecule has 0 aliphatic carbocycles. The molecule has 2 aromatic heterocycles. The van der Waals surface area contributed by atoms with Gasteiger partial charge in [-0.3, -0.25) is 5.41 Å². The van der Waals surface area contributed by atoms with Crippen molar-refractivity contribution in [3.63, 3.8) is 0 Å². The highest BCUT2D eigenvalue weighted by Crippen LogP contribution is 2.02. The second-order valence-corrected chi connectivity index (χ2v) is 4.85. The van der Waals surface area contributed by atoms with Crippen molar-refractivity contribution in [1.82, 2.24) is 9.13 Å². The summed E-state index contributed by atoms with van der Waals surface area (Å²) >= 11 is 1.54. The molecule has 1 N–H and O–H groups in total. The van der Waals surface area contributed by atoms with Crippen molar-refractivity contribution in [3.05, 3.63) is 40.4 Å². The molecule has 2 heterocycles. The third-order valence-corrected chi connectivity index (χ3v) is 3.19. The molecule has 0 unspecified atom stereocenters. The minimum Gasteiger partial charge on any atom is -0.354 e. The highest BCUT2D eigenvalue weighted by atomic mass is 32.1. The molecule has 0 aliphatic rings. The standard InChI is InChI=1S/C11H15N3S/c1-10-9-14(11(12)15-10)8-4-7-13-5-2-3-6-13/h2-3,5-6,9,12H,4,7-8H2,1H3. The molecule has 0 aromatic carbocycles. The lowest BCUT2D eigenvalue weighted by Crippen LogP contribution is -2.13. The van der Waals surface area contributed by atoms with Crippen molar-refractivity contribution in [1.29, 1.82) is 5.41 Å². The van der Waals surface area contributed by atoms with Gasteiger partial charge in [0.05, 0.1) is 0 Å². The first-order valence-corrected chi connectivity index (χ1v) is 5.89. The van der Waals surface area contributed by atoms with Crippen LogP contribution in [0.5, 0.6) is 0 Å². The lowest BCUT2D eigenvalue weighted by molar-refractivity contribution is 0.555. The predicted molar refractivity (Wildman–Crippen MR) is 61.9 cm³/mol. The number of hydrogen-bond acceptors (Lipinski definition) is 2. The summed E-state index contributed by atoms with van der Waals surface area (Å²) in [5, 5.41) is 7.72. The van der Waals surface area contributed by atoms with Crippen LogP contribution in [-0.2, 0) is 13.1 Å². The van der Waals surface area contributed by atoms with E-state index in [1.54, 1.807) is 0 Å². The van der Waals surface area contributed by atoms with Crippen molar-refractivity contribution < 1.29 is 0 Å². The second kappa shape index (κ2) is 4.49. The summed E-state index contributed by atoms with van der Waals surface area (Å²) in [6.07, 6.45) is 7.28. The summed E-state index contributed by atoms with van der Waals surface area (Å²) in [5.74, 6) is 0. The van der Waals surface area contributed by atoms with E-state index in [1.165, 1.54) is 16.2 Å². The van der Waals surface area contributed by atoms with E-state index in [0.29, 0.717) is 4.80 Å². The van der Waals surface area contributed by atoms with Crippen LogP contribution in [-0.4, -0.2) is 9.13 Å². The van der Waals surface area contributed by atoms with Gasteiger partial charge in [0.2, 0.25) is 0 Å². The quantitative estimate of drug-likeness (QED) is 0.821. The topological polar surface area (TPSA) is 33.7 Å². The monoisotopic (exact) mass is 221 g/mol. The summed E-state index contributed by atoms with van der Waals surface area (Å²) in [4.78, 5) is 1.86. The van der Waals surface area contributed by atoms with Crippen LogP contribution < -0.4 is 4.80 Å². The molecule has 0 atom stereocenters. The molecule has 80 valence electrons. The lowest BCUT2D eigenvalue weighted by atomic mass is 10.4. The SMILES string of the molecule is Cc1cn(CCCn2cccc2)c(=N)s1. The fourth-order valence-corrected chi connectivity index (χ4v) is 2.37. The second-order valence-electron chi connectivity index (χ2n) is 3.61. The predicted octanol–water partition coefficient (Wildman–Crippen LogP) is 2.23. The van der Waals surface area contributed by atoms with E-state index in [-0.39, 0.29) is 0 Å². The number of aryl methyl sites for hydroxylation is 3. The Morgan fingerprint density at radius 1 is 1.27 bits per heavy atom. The van der Waals surface area contributed by atoms with Crippen molar-refractivity contribution in [3.8, 4) is 0 Å². The Hall–Kier alpha value is -1.29. The zero-order valence-electron chi connectivity index (χ0n) is 8.81. The minimum atomic E-state index is 0.653. The fraction of sp³-hybridized carbons (Fsp3) is 0.364. The molecule has 0 bridgehead atoms. The molecule has 4 heteroatoms. The molecule has 0 amide bonds. The zero-order chi connectivity index (χ0) is 10.7. The summed E-state index contributed by atoms with van der Waals surface area (Å²) in [5.41, 5.74) is 0. The van der Waals surface area contributed by atoms with E-state index in [9.17, 15) is 0 Å². The number of aromatic nitrogens is 2. The Kier molecular flexibility index (Phi) is 3.06. The van der Waals surface area contributed by atoms with Gasteiger partial charge in [0.15, 0.2) is 4.80 Å². The first-order valence-electron chi connectivity index (χ1n) is 5.08. The van der Waals surface area contributed by atoms with Crippen molar-refractivity contribution in [2.45, 2.75) is 26.4 Å². The first kappa shape index (κ1) is 10.2. The van der Waals surface area contributed by atoms with Gasteiger partial charge in [-0.15, -0.1) is 11.3 Å². The van der Waals surface area contributed by atoms with Crippen molar-refractivity contribution >= 4 is 11.3 Å². The van der Waals surface area contributed by atoms with Crippen LogP contribution in [0, 0.1) is 12.3 Å². The first-order chi connectivity index (χ1) is 7.25. The molecule has 0 aliphatic heterocycles. The van der Waals surface area contributed by atoms with Crippen LogP contribution in [0.4, 0.5) is 0 Å². The Balaban J connectivity index is 1.89. The molecule has 0 spiro atoms. The van der Waals surface area contributed by atoms with Gasteiger partial charge in [-0.25, -0.2) is 0 Å². The van der Waals surface area contributed by atoms with E-state index in [2.05, 4.69) is 23.2 Å². The summed E-state index contributed by atoms with van der Waals surface area (Å²) < 4.78 is 4.19. The number of hydrogen-bond donors (Lipinski definition) is 1. The Labute approximate surface area is 93.1 Å². The van der Waals surface area contributed by atoms with E-state index in [1.807, 2.05) is 23.6 Å². The van der Waals surface area contributed by atoms with Crippen LogP contribution in [0.25, 0.3) is 0 Å². The molecule has 0 radical (unpaired) electrons. The molecule has 0 saturated heterocycles. The number of nitrogens with zero attached hydrogens (tertiary/aromatic N) is 2. The highest BCUT2D eigenvalue weighted by Gasteiger charge is 1.97. The molecule has 2 aromatic rings. The van der Waals surface area contributed by atoms with E-state index >= 15 is 0 Å². The lowest BCUT2D eigenvalue weighted by Gasteiger charge is -2.03. The number of thiazole rings is 1. The zero-order valence-corrected chi connectivity index (χ0v) is 9.63. The van der Waals surface area contributed by atoms with Crippen LogP contribution in [0.15, 0.2) is 30.7 Å². The maximum Gasteiger partial charge on any atom is 0.182 e. The van der Waals surface area contributed by atoms with Gasteiger partial charge in [-0.05, 0) is 25.5 Å². The largest absolute Gasteiger partial charge is 0.354 e. The Morgan fingerprint density at radius 3 is 2.60 bits per heavy atom. The van der Waals surface area contributed by atoms with Gasteiger partial charge in [0.25, 0.3) is 0 Å². The van der Waals surface area contributed by atoms with Crippen LogP contribution >= 0.6 is 11.3 Å². The number of nitrogens with one attached hydrogen (secondary N) is 1. The van der Waals surface area contributed by atoms with Crippen LogP contribution in [0.3, 0.4) is 0 Å². The molecule has 0 fully saturated rings. The van der Waals surface area contributed by atoms with E-state index < -0.39 is 0 Å². The smallest absolute Gasteiger partial charge is 0.182 e. The molecular weight excluding hydrogens is 206 g/mol. The van der Waals surface area contributed by atoms with Crippen LogP contribution in [0.1, 0.15) is 11.3 Å². The average Bonchev–Trinajstić information content (AvgIpc) is 2.77. The average molecular weight is 221 g/mol.